The molecule has 1 aliphatic rings. The summed E-state index contributed by atoms with van der Waals surface area (Å²) in [6.45, 7) is 11.0. The van der Waals surface area contributed by atoms with E-state index in [0.717, 1.165) is 61.7 Å². The normalized spacial score (nSPS) is 15.8. The van der Waals surface area contributed by atoms with Gasteiger partial charge in [-0.15, -0.1) is 0 Å². The lowest BCUT2D eigenvalue weighted by molar-refractivity contribution is 0.129. The van der Waals surface area contributed by atoms with Crippen molar-refractivity contribution in [1.82, 2.24) is 9.80 Å². The summed E-state index contributed by atoms with van der Waals surface area (Å²) in [6, 6.07) is 6.44. The molecule has 1 aromatic rings. The minimum absolute atomic E-state index is 0.614. The summed E-state index contributed by atoms with van der Waals surface area (Å²) < 4.78 is 12.5. The summed E-state index contributed by atoms with van der Waals surface area (Å²) in [5.74, 6) is 2.19. The minimum atomic E-state index is 0.614. The van der Waals surface area contributed by atoms with E-state index in [1.807, 2.05) is 0 Å². The number of ether oxygens (including phenoxy) is 2. The lowest BCUT2D eigenvalue weighted by Gasteiger charge is -2.34. The second kappa shape index (κ2) is 10.8. The molecule has 1 aliphatic heterocycles. The standard InChI is InChI=1S/C20H30BrN3O2/c1-16(2)5-12-26-20-18(21)13-17(14-19(20)25-3)15-24-10-8-23(9-11-24)7-4-6-22/h13-14,16H,4-5,7-12,15H2,1-3H3. The van der Waals surface area contributed by atoms with Gasteiger partial charge < -0.3 is 9.47 Å². The summed E-state index contributed by atoms with van der Waals surface area (Å²) in [5, 5.41) is 8.71. The third kappa shape index (κ3) is 6.46. The van der Waals surface area contributed by atoms with E-state index in [0.29, 0.717) is 18.9 Å². The van der Waals surface area contributed by atoms with Gasteiger partial charge in [-0.2, -0.15) is 5.26 Å². The second-order valence-corrected chi connectivity index (χ2v) is 8.02. The van der Waals surface area contributed by atoms with Gasteiger partial charge in [-0.05, 0) is 46.0 Å². The number of halogens is 1. The quantitative estimate of drug-likeness (QED) is 0.602. The molecule has 144 valence electrons. The zero-order chi connectivity index (χ0) is 18.9. The third-order valence-electron chi connectivity index (χ3n) is 4.64. The molecule has 1 heterocycles. The first-order chi connectivity index (χ1) is 12.5. The van der Waals surface area contributed by atoms with E-state index in [1.54, 1.807) is 7.11 Å². The van der Waals surface area contributed by atoms with Crippen LogP contribution >= 0.6 is 15.9 Å². The molecule has 0 bridgehead atoms. The first kappa shape index (κ1) is 21.0. The van der Waals surface area contributed by atoms with E-state index in [4.69, 9.17) is 14.7 Å². The van der Waals surface area contributed by atoms with Crippen LogP contribution in [0.3, 0.4) is 0 Å². The molecule has 1 saturated heterocycles. The molecule has 2 rings (SSSR count). The summed E-state index contributed by atoms with van der Waals surface area (Å²) >= 11 is 3.65. The molecule has 1 aromatic carbocycles. The highest BCUT2D eigenvalue weighted by molar-refractivity contribution is 9.10. The van der Waals surface area contributed by atoms with Gasteiger partial charge in [0.05, 0.1) is 24.3 Å². The van der Waals surface area contributed by atoms with Gasteiger partial charge in [-0.25, -0.2) is 0 Å². The van der Waals surface area contributed by atoms with Crippen molar-refractivity contribution in [3.8, 4) is 17.6 Å². The molecule has 0 unspecified atom stereocenters. The van der Waals surface area contributed by atoms with Crippen molar-refractivity contribution in [3.63, 3.8) is 0 Å². The van der Waals surface area contributed by atoms with E-state index in [9.17, 15) is 0 Å². The fraction of sp³-hybridized carbons (Fsp3) is 0.650. The highest BCUT2D eigenvalue weighted by atomic mass is 79.9. The van der Waals surface area contributed by atoms with Crippen LogP contribution in [0.5, 0.6) is 11.5 Å². The first-order valence-corrected chi connectivity index (χ1v) is 10.1. The number of methoxy groups -OCH3 is 1. The lowest BCUT2D eigenvalue weighted by atomic mass is 10.1. The molecule has 0 spiro atoms. The van der Waals surface area contributed by atoms with Gasteiger partial charge in [-0.1, -0.05) is 13.8 Å². The second-order valence-electron chi connectivity index (χ2n) is 7.17. The third-order valence-corrected chi connectivity index (χ3v) is 5.23. The van der Waals surface area contributed by atoms with Crippen LogP contribution in [0, 0.1) is 17.2 Å². The molecule has 0 aliphatic carbocycles. The number of hydrogen-bond donors (Lipinski definition) is 0. The summed E-state index contributed by atoms with van der Waals surface area (Å²) in [6.07, 6.45) is 1.63. The predicted molar refractivity (Wildman–Crippen MR) is 108 cm³/mol. The summed E-state index contributed by atoms with van der Waals surface area (Å²) in [5.41, 5.74) is 1.22. The minimum Gasteiger partial charge on any atom is -0.493 e. The molecule has 5 nitrogen and oxygen atoms in total. The Morgan fingerprint density at radius 1 is 1.19 bits per heavy atom. The number of hydrogen-bond acceptors (Lipinski definition) is 5. The van der Waals surface area contributed by atoms with Crippen molar-refractivity contribution in [1.29, 1.82) is 5.26 Å². The average molecular weight is 424 g/mol. The molecule has 0 radical (unpaired) electrons. The zero-order valence-electron chi connectivity index (χ0n) is 16.1. The average Bonchev–Trinajstić information content (AvgIpc) is 2.62. The molecule has 0 atom stereocenters. The van der Waals surface area contributed by atoms with Crippen LogP contribution in [-0.2, 0) is 6.54 Å². The van der Waals surface area contributed by atoms with Crippen LogP contribution in [0.15, 0.2) is 16.6 Å². The number of piperazine rings is 1. The van der Waals surface area contributed by atoms with Crippen LogP contribution in [0.25, 0.3) is 0 Å². The van der Waals surface area contributed by atoms with Crippen LogP contribution in [0.4, 0.5) is 0 Å². The Morgan fingerprint density at radius 2 is 1.88 bits per heavy atom. The zero-order valence-corrected chi connectivity index (χ0v) is 17.7. The molecule has 0 saturated carbocycles. The van der Waals surface area contributed by atoms with Gasteiger partial charge in [0.1, 0.15) is 0 Å². The van der Waals surface area contributed by atoms with E-state index in [-0.39, 0.29) is 0 Å². The van der Waals surface area contributed by atoms with Crippen molar-refractivity contribution in [3.05, 3.63) is 22.2 Å². The van der Waals surface area contributed by atoms with E-state index >= 15 is 0 Å². The van der Waals surface area contributed by atoms with Gasteiger partial charge in [-0.3, -0.25) is 9.80 Å². The van der Waals surface area contributed by atoms with Crippen molar-refractivity contribution in [2.24, 2.45) is 5.92 Å². The fourth-order valence-electron chi connectivity index (χ4n) is 3.04. The Balaban J connectivity index is 1.94. The van der Waals surface area contributed by atoms with Gasteiger partial charge in [0.2, 0.25) is 0 Å². The lowest BCUT2D eigenvalue weighted by Crippen LogP contribution is -2.46. The van der Waals surface area contributed by atoms with E-state index in [2.05, 4.69) is 57.8 Å². The van der Waals surface area contributed by atoms with Crippen LogP contribution < -0.4 is 9.47 Å². The van der Waals surface area contributed by atoms with Crippen molar-refractivity contribution >= 4 is 15.9 Å². The highest BCUT2D eigenvalue weighted by Crippen LogP contribution is 2.37. The van der Waals surface area contributed by atoms with E-state index < -0.39 is 0 Å². The summed E-state index contributed by atoms with van der Waals surface area (Å²) in [4.78, 5) is 4.81. The van der Waals surface area contributed by atoms with Crippen LogP contribution in [0.2, 0.25) is 0 Å². The fourth-order valence-corrected chi connectivity index (χ4v) is 3.64. The summed E-state index contributed by atoms with van der Waals surface area (Å²) in [7, 11) is 1.69. The molecule has 1 fully saturated rings. The topological polar surface area (TPSA) is 48.7 Å². The molecule has 26 heavy (non-hydrogen) atoms. The Morgan fingerprint density at radius 3 is 2.50 bits per heavy atom. The van der Waals surface area contributed by atoms with Crippen LogP contribution in [-0.4, -0.2) is 56.2 Å². The van der Waals surface area contributed by atoms with Crippen molar-refractivity contribution in [2.75, 3.05) is 46.4 Å². The first-order valence-electron chi connectivity index (χ1n) is 9.34. The largest absolute Gasteiger partial charge is 0.493 e. The highest BCUT2D eigenvalue weighted by Gasteiger charge is 2.18. The Hall–Kier alpha value is -1.29. The van der Waals surface area contributed by atoms with Gasteiger partial charge in [0.25, 0.3) is 0 Å². The smallest absolute Gasteiger partial charge is 0.175 e. The van der Waals surface area contributed by atoms with Gasteiger partial charge in [0, 0.05) is 45.7 Å². The molecule has 0 N–H and O–H groups in total. The van der Waals surface area contributed by atoms with Crippen molar-refractivity contribution < 1.29 is 9.47 Å². The monoisotopic (exact) mass is 423 g/mol. The maximum absolute atomic E-state index is 8.71. The SMILES string of the molecule is COc1cc(CN2CCN(CCC#N)CC2)cc(Br)c1OCCC(C)C. The van der Waals surface area contributed by atoms with Gasteiger partial charge >= 0.3 is 0 Å². The van der Waals surface area contributed by atoms with E-state index in [1.165, 1.54) is 5.56 Å². The molecular formula is C20H30BrN3O2. The molecule has 0 aromatic heterocycles. The predicted octanol–water partition coefficient (Wildman–Crippen LogP) is 3.91. The molecule has 0 amide bonds. The van der Waals surface area contributed by atoms with Crippen molar-refractivity contribution in [2.45, 2.75) is 33.2 Å². The Bertz CT molecular complexity index is 608. The molecular weight excluding hydrogens is 394 g/mol. The maximum atomic E-state index is 8.71. The Labute approximate surface area is 166 Å². The number of rotatable bonds is 9. The number of nitriles is 1. The molecule has 6 heteroatoms. The van der Waals surface area contributed by atoms with Crippen LogP contribution in [0.1, 0.15) is 32.3 Å². The maximum Gasteiger partial charge on any atom is 0.175 e. The number of nitrogens with zero attached hydrogens (tertiary/aromatic N) is 3. The van der Waals surface area contributed by atoms with Gasteiger partial charge in [0.15, 0.2) is 11.5 Å². The Kier molecular flexibility index (Phi) is 8.70. The number of benzene rings is 1.